The number of amides is 1. The van der Waals surface area contributed by atoms with E-state index in [1.54, 1.807) is 0 Å². The summed E-state index contributed by atoms with van der Waals surface area (Å²) >= 11 is 0.858. The van der Waals surface area contributed by atoms with E-state index in [0.29, 0.717) is 6.07 Å². The second-order valence-corrected chi connectivity index (χ2v) is 5.67. The van der Waals surface area contributed by atoms with Gasteiger partial charge >= 0.3 is 5.97 Å². The van der Waals surface area contributed by atoms with E-state index in [9.17, 15) is 23.5 Å². The lowest BCUT2D eigenvalue weighted by atomic mass is 10.2. The largest absolute Gasteiger partial charge is 0.480 e. The van der Waals surface area contributed by atoms with Crippen LogP contribution in [0.4, 0.5) is 8.78 Å². The molecular weight excluding hydrogens is 304 g/mol. The molecular formula is C13H13F2NO4S. The predicted molar refractivity (Wildman–Crippen MR) is 70.8 cm³/mol. The van der Waals surface area contributed by atoms with Crippen molar-refractivity contribution in [3.63, 3.8) is 0 Å². The molecule has 0 aromatic heterocycles. The number of thioether (sulfide) groups is 1. The van der Waals surface area contributed by atoms with Crippen LogP contribution in [0.3, 0.4) is 0 Å². The fraction of sp³-hybridized carbons (Fsp3) is 0.385. The van der Waals surface area contributed by atoms with Gasteiger partial charge in [0, 0.05) is 23.9 Å². The van der Waals surface area contributed by atoms with Crippen molar-refractivity contribution in [1.82, 2.24) is 4.90 Å². The number of carboxylic acid groups (broad SMARTS) is 1. The Morgan fingerprint density at radius 3 is 2.71 bits per heavy atom. The third-order valence-corrected chi connectivity index (χ3v) is 4.16. The van der Waals surface area contributed by atoms with Crippen LogP contribution in [0, 0.1) is 11.6 Å². The average molecular weight is 317 g/mol. The molecule has 1 saturated heterocycles. The van der Waals surface area contributed by atoms with Crippen molar-refractivity contribution >= 4 is 23.6 Å². The number of aliphatic hydroxyl groups is 1. The number of β-amino-alcohol motifs (C(OH)–C–C–N with tert-alkyl or cyclic N) is 1. The van der Waals surface area contributed by atoms with Crippen LogP contribution in [0.15, 0.2) is 23.1 Å². The molecule has 1 aliphatic rings. The zero-order valence-corrected chi connectivity index (χ0v) is 11.6. The molecule has 0 aliphatic carbocycles. The average Bonchev–Trinajstić information content (AvgIpc) is 2.80. The number of hydrogen-bond donors (Lipinski definition) is 2. The first-order valence-corrected chi connectivity index (χ1v) is 7.15. The smallest absolute Gasteiger partial charge is 0.326 e. The van der Waals surface area contributed by atoms with Crippen LogP contribution < -0.4 is 0 Å². The third kappa shape index (κ3) is 3.70. The van der Waals surface area contributed by atoms with Gasteiger partial charge in [-0.15, -0.1) is 11.8 Å². The van der Waals surface area contributed by atoms with Gasteiger partial charge in [0.25, 0.3) is 0 Å². The highest BCUT2D eigenvalue weighted by Crippen LogP contribution is 2.25. The van der Waals surface area contributed by atoms with Gasteiger partial charge in [-0.2, -0.15) is 0 Å². The summed E-state index contributed by atoms with van der Waals surface area (Å²) in [6, 6.07) is 1.95. The van der Waals surface area contributed by atoms with Gasteiger partial charge in [-0.3, -0.25) is 4.79 Å². The summed E-state index contributed by atoms with van der Waals surface area (Å²) in [5.74, 6) is -3.36. The summed E-state index contributed by atoms with van der Waals surface area (Å²) in [6.07, 6.45) is -0.890. The first-order valence-electron chi connectivity index (χ1n) is 6.16. The third-order valence-electron chi connectivity index (χ3n) is 3.13. The van der Waals surface area contributed by atoms with E-state index in [1.807, 2.05) is 0 Å². The number of carbonyl (C=O) groups is 2. The highest BCUT2D eigenvalue weighted by molar-refractivity contribution is 8.00. The van der Waals surface area contributed by atoms with Crippen LogP contribution in [0.25, 0.3) is 0 Å². The zero-order valence-electron chi connectivity index (χ0n) is 10.8. The number of carboxylic acids is 1. The fourth-order valence-electron chi connectivity index (χ4n) is 2.14. The predicted octanol–water partition coefficient (Wildman–Crippen LogP) is 1.10. The molecule has 1 amide bonds. The minimum absolute atomic E-state index is 0.0172. The second kappa shape index (κ2) is 6.40. The second-order valence-electron chi connectivity index (χ2n) is 4.65. The highest BCUT2D eigenvalue weighted by Gasteiger charge is 2.38. The summed E-state index contributed by atoms with van der Waals surface area (Å²) in [6.45, 7) is -0.0533. The van der Waals surface area contributed by atoms with E-state index in [0.717, 1.165) is 22.7 Å². The molecule has 1 aromatic carbocycles. The van der Waals surface area contributed by atoms with Gasteiger partial charge in [0.05, 0.1) is 11.9 Å². The van der Waals surface area contributed by atoms with Gasteiger partial charge < -0.3 is 15.1 Å². The Labute approximate surface area is 123 Å². The van der Waals surface area contributed by atoms with Crippen LogP contribution in [0.5, 0.6) is 0 Å². The molecule has 114 valence electrons. The van der Waals surface area contributed by atoms with Gasteiger partial charge in [0.2, 0.25) is 5.91 Å². The van der Waals surface area contributed by atoms with E-state index < -0.39 is 35.7 Å². The Bertz CT molecular complexity index is 569. The van der Waals surface area contributed by atoms with Crippen molar-refractivity contribution in [3.8, 4) is 0 Å². The van der Waals surface area contributed by atoms with E-state index in [2.05, 4.69) is 0 Å². The molecule has 8 heteroatoms. The van der Waals surface area contributed by atoms with Crippen LogP contribution >= 0.6 is 11.8 Å². The number of carbonyl (C=O) groups excluding carboxylic acids is 1. The van der Waals surface area contributed by atoms with Crippen molar-refractivity contribution < 1.29 is 28.6 Å². The molecule has 0 radical (unpaired) electrons. The Hall–Kier alpha value is -1.67. The lowest BCUT2D eigenvalue weighted by Crippen LogP contribution is -2.41. The molecule has 2 unspecified atom stereocenters. The Balaban J connectivity index is 1.99. The molecule has 0 spiro atoms. The van der Waals surface area contributed by atoms with Crippen LogP contribution in [-0.2, 0) is 9.59 Å². The topological polar surface area (TPSA) is 77.8 Å². The number of likely N-dealkylation sites (tertiary alicyclic amines) is 1. The fourth-order valence-corrected chi connectivity index (χ4v) is 2.94. The Kier molecular flexibility index (Phi) is 4.79. The lowest BCUT2D eigenvalue weighted by molar-refractivity contribution is -0.147. The van der Waals surface area contributed by atoms with Gasteiger partial charge in [0.1, 0.15) is 17.7 Å². The first-order chi connectivity index (χ1) is 9.88. The van der Waals surface area contributed by atoms with Crippen LogP contribution in [-0.4, -0.2) is 51.4 Å². The van der Waals surface area contributed by atoms with Crippen molar-refractivity contribution in [2.75, 3.05) is 12.3 Å². The number of aliphatic carboxylic acids is 1. The lowest BCUT2D eigenvalue weighted by Gasteiger charge is -2.20. The van der Waals surface area contributed by atoms with Gasteiger partial charge in [0.15, 0.2) is 0 Å². The number of halogens is 2. The standard InChI is InChI=1S/C13H13F2NO4S/c14-7-1-2-11(9(15)3-7)21-6-12(18)16-5-8(17)4-10(16)13(19)20/h1-3,8,10,17H,4-6H2,(H,19,20). The van der Waals surface area contributed by atoms with Gasteiger partial charge in [-0.05, 0) is 12.1 Å². The summed E-state index contributed by atoms with van der Waals surface area (Å²) < 4.78 is 26.2. The molecule has 1 aromatic rings. The Morgan fingerprint density at radius 2 is 2.10 bits per heavy atom. The summed E-state index contributed by atoms with van der Waals surface area (Å²) in [5.41, 5.74) is 0. The maximum atomic E-state index is 13.4. The van der Waals surface area contributed by atoms with E-state index >= 15 is 0 Å². The molecule has 1 aliphatic heterocycles. The van der Waals surface area contributed by atoms with Crippen LogP contribution in [0.1, 0.15) is 6.42 Å². The van der Waals surface area contributed by atoms with Crippen molar-refractivity contribution in [2.45, 2.75) is 23.5 Å². The molecule has 2 rings (SSSR count). The maximum Gasteiger partial charge on any atom is 0.326 e. The number of nitrogens with zero attached hydrogens (tertiary/aromatic N) is 1. The molecule has 1 heterocycles. The van der Waals surface area contributed by atoms with Gasteiger partial charge in [-0.1, -0.05) is 0 Å². The van der Waals surface area contributed by atoms with Gasteiger partial charge in [-0.25, -0.2) is 13.6 Å². The van der Waals surface area contributed by atoms with E-state index in [4.69, 9.17) is 5.11 Å². The zero-order chi connectivity index (χ0) is 15.6. The summed E-state index contributed by atoms with van der Waals surface area (Å²) in [4.78, 5) is 24.2. The highest BCUT2D eigenvalue weighted by atomic mass is 32.2. The molecule has 5 nitrogen and oxygen atoms in total. The minimum Gasteiger partial charge on any atom is -0.480 e. The Morgan fingerprint density at radius 1 is 1.38 bits per heavy atom. The van der Waals surface area contributed by atoms with E-state index in [1.165, 1.54) is 6.07 Å². The monoisotopic (exact) mass is 317 g/mol. The maximum absolute atomic E-state index is 13.4. The molecule has 0 saturated carbocycles. The number of aliphatic hydroxyl groups excluding tert-OH is 1. The number of benzene rings is 1. The summed E-state index contributed by atoms with van der Waals surface area (Å²) in [7, 11) is 0. The molecule has 21 heavy (non-hydrogen) atoms. The van der Waals surface area contributed by atoms with Crippen LogP contribution in [0.2, 0.25) is 0 Å². The van der Waals surface area contributed by atoms with Crippen molar-refractivity contribution in [1.29, 1.82) is 0 Å². The molecule has 2 N–H and O–H groups in total. The normalized spacial score (nSPS) is 21.6. The molecule has 1 fully saturated rings. The summed E-state index contributed by atoms with van der Waals surface area (Å²) in [5, 5.41) is 18.5. The van der Waals surface area contributed by atoms with Crippen molar-refractivity contribution in [2.24, 2.45) is 0 Å². The number of rotatable bonds is 4. The molecule has 0 bridgehead atoms. The SMILES string of the molecule is O=C(O)C1CC(O)CN1C(=O)CSc1ccc(F)cc1F. The quantitative estimate of drug-likeness (QED) is 0.813. The minimum atomic E-state index is -1.18. The van der Waals surface area contributed by atoms with Crippen molar-refractivity contribution in [3.05, 3.63) is 29.8 Å². The number of hydrogen-bond acceptors (Lipinski definition) is 4. The van der Waals surface area contributed by atoms with E-state index in [-0.39, 0.29) is 23.6 Å². The molecule has 2 atom stereocenters. The first kappa shape index (κ1) is 15.7.